The van der Waals surface area contributed by atoms with Gasteiger partial charge in [0.05, 0.1) is 36.7 Å². The van der Waals surface area contributed by atoms with Crippen LogP contribution in [0.25, 0.3) is 0 Å². The maximum atomic E-state index is 13.2. The summed E-state index contributed by atoms with van der Waals surface area (Å²) in [6.07, 6.45) is -4.60. The number of carbonyl (C=O) groups excluding carboxylic acids is 1. The number of aromatic nitrogens is 1. The highest BCUT2D eigenvalue weighted by atomic mass is 32.2. The van der Waals surface area contributed by atoms with Gasteiger partial charge in [0.1, 0.15) is 10.6 Å². The number of likely N-dealkylation sites (N-methyl/N-ethyl adjacent to an activating group) is 1. The number of hydrogen-bond donors (Lipinski definition) is 1. The Labute approximate surface area is 183 Å². The van der Waals surface area contributed by atoms with Crippen molar-refractivity contribution >= 4 is 27.3 Å². The molecule has 2 aromatic rings. The number of hydrogen-bond acceptors (Lipinski definition) is 7. The Balaban J connectivity index is 1.84. The number of aryl methyl sites for hydroxylation is 2. The van der Waals surface area contributed by atoms with E-state index in [1.165, 1.54) is 27.0 Å². The van der Waals surface area contributed by atoms with E-state index in [-0.39, 0.29) is 22.0 Å². The SMILES string of the molecule is Cc1noc(C)c1S(=O)(=O)N(C)CC(=O)Nc1cc(C(F)(F)F)ccc1N1CCOCC1. The third-order valence-electron chi connectivity index (χ3n) is 4.95. The Morgan fingerprint density at radius 2 is 1.91 bits per heavy atom. The fraction of sp³-hybridized carbons (Fsp3) is 0.474. The molecule has 1 aliphatic rings. The minimum absolute atomic E-state index is 0.0603. The molecule has 2 heterocycles. The van der Waals surface area contributed by atoms with E-state index in [1.807, 2.05) is 0 Å². The second kappa shape index (κ2) is 9.08. The van der Waals surface area contributed by atoms with E-state index in [9.17, 15) is 26.4 Å². The molecule has 0 radical (unpaired) electrons. The molecule has 1 aromatic heterocycles. The summed E-state index contributed by atoms with van der Waals surface area (Å²) in [6, 6.07) is 3.06. The Kier molecular flexibility index (Phi) is 6.81. The first-order valence-electron chi connectivity index (χ1n) is 9.64. The van der Waals surface area contributed by atoms with Gasteiger partial charge < -0.3 is 19.5 Å². The van der Waals surface area contributed by atoms with Crippen molar-refractivity contribution in [2.75, 3.05) is 50.1 Å². The molecule has 0 spiro atoms. The van der Waals surface area contributed by atoms with Gasteiger partial charge in [0.25, 0.3) is 0 Å². The van der Waals surface area contributed by atoms with Gasteiger partial charge >= 0.3 is 6.18 Å². The summed E-state index contributed by atoms with van der Waals surface area (Å²) in [7, 11) is -2.91. The van der Waals surface area contributed by atoms with Gasteiger partial charge in [-0.3, -0.25) is 4.79 Å². The normalized spacial score (nSPS) is 15.3. The van der Waals surface area contributed by atoms with E-state index in [0.29, 0.717) is 32.0 Å². The van der Waals surface area contributed by atoms with Gasteiger partial charge in [-0.25, -0.2) is 8.42 Å². The van der Waals surface area contributed by atoms with Gasteiger partial charge in [-0.05, 0) is 32.0 Å². The molecule has 1 saturated heterocycles. The highest BCUT2D eigenvalue weighted by molar-refractivity contribution is 7.89. The number of sulfonamides is 1. The number of alkyl halides is 3. The second-order valence-corrected chi connectivity index (χ2v) is 9.27. The molecular formula is C19H23F3N4O5S. The van der Waals surface area contributed by atoms with Crippen LogP contribution in [0.1, 0.15) is 17.0 Å². The van der Waals surface area contributed by atoms with Crippen LogP contribution in [0, 0.1) is 13.8 Å². The predicted molar refractivity (Wildman–Crippen MR) is 109 cm³/mol. The zero-order valence-corrected chi connectivity index (χ0v) is 18.5. The molecule has 0 aliphatic carbocycles. The van der Waals surface area contributed by atoms with Gasteiger partial charge in [0, 0.05) is 20.1 Å². The molecule has 176 valence electrons. The van der Waals surface area contributed by atoms with Crippen LogP contribution < -0.4 is 10.2 Å². The number of rotatable bonds is 6. The van der Waals surface area contributed by atoms with Gasteiger partial charge in [0.15, 0.2) is 5.76 Å². The number of amides is 1. The lowest BCUT2D eigenvalue weighted by molar-refractivity contribution is -0.137. The lowest BCUT2D eigenvalue weighted by Gasteiger charge is -2.31. The van der Waals surface area contributed by atoms with Crippen molar-refractivity contribution in [3.8, 4) is 0 Å². The van der Waals surface area contributed by atoms with E-state index < -0.39 is 34.2 Å². The molecule has 3 rings (SSSR count). The molecule has 0 bridgehead atoms. The maximum absolute atomic E-state index is 13.2. The van der Waals surface area contributed by atoms with E-state index in [2.05, 4.69) is 10.5 Å². The highest BCUT2D eigenvalue weighted by Crippen LogP contribution is 2.36. The summed E-state index contributed by atoms with van der Waals surface area (Å²) in [6.45, 7) is 3.93. The number of carbonyl (C=O) groups is 1. The number of nitrogens with one attached hydrogen (secondary N) is 1. The van der Waals surface area contributed by atoms with Crippen LogP contribution in [0.2, 0.25) is 0 Å². The Morgan fingerprint density at radius 3 is 2.47 bits per heavy atom. The largest absolute Gasteiger partial charge is 0.416 e. The summed E-state index contributed by atoms with van der Waals surface area (Å²) < 4.78 is 76.2. The number of morpholine rings is 1. The van der Waals surface area contributed by atoms with Crippen LogP contribution in [-0.4, -0.2) is 63.7 Å². The maximum Gasteiger partial charge on any atom is 0.416 e. The Morgan fingerprint density at radius 1 is 1.25 bits per heavy atom. The zero-order chi connectivity index (χ0) is 23.7. The molecule has 1 amide bonds. The van der Waals surface area contributed by atoms with Gasteiger partial charge in [0.2, 0.25) is 15.9 Å². The molecule has 13 heteroatoms. The van der Waals surface area contributed by atoms with Crippen molar-refractivity contribution in [3.63, 3.8) is 0 Å². The van der Waals surface area contributed by atoms with Crippen LogP contribution in [0.15, 0.2) is 27.6 Å². The van der Waals surface area contributed by atoms with Gasteiger partial charge in [-0.15, -0.1) is 0 Å². The van der Waals surface area contributed by atoms with Crippen LogP contribution in [0.3, 0.4) is 0 Å². The number of nitrogens with zero attached hydrogens (tertiary/aromatic N) is 3. The molecule has 0 saturated carbocycles. The van der Waals surface area contributed by atoms with Crippen LogP contribution in [-0.2, 0) is 25.7 Å². The average Bonchev–Trinajstić information content (AvgIpc) is 3.06. The first kappa shape index (κ1) is 24.0. The second-order valence-electron chi connectivity index (χ2n) is 7.29. The van der Waals surface area contributed by atoms with Crippen LogP contribution in [0.5, 0.6) is 0 Å². The summed E-state index contributed by atoms with van der Waals surface area (Å²) in [5.41, 5.74) is -0.454. The van der Waals surface area contributed by atoms with Crippen molar-refractivity contribution in [3.05, 3.63) is 35.2 Å². The van der Waals surface area contributed by atoms with E-state index in [4.69, 9.17) is 9.26 Å². The lowest BCUT2D eigenvalue weighted by Crippen LogP contribution is -2.38. The standard InChI is InChI=1S/C19H23F3N4O5S/c1-12-18(13(2)31-24-12)32(28,29)25(3)11-17(27)23-15-10-14(19(20,21)22)4-5-16(15)26-6-8-30-9-7-26/h4-5,10H,6-9,11H2,1-3H3,(H,23,27). The summed E-state index contributed by atoms with van der Waals surface area (Å²) >= 11 is 0. The monoisotopic (exact) mass is 476 g/mol. The Bertz CT molecular complexity index is 1080. The lowest BCUT2D eigenvalue weighted by atomic mass is 10.1. The van der Waals surface area contributed by atoms with Crippen molar-refractivity contribution in [1.82, 2.24) is 9.46 Å². The summed E-state index contributed by atoms with van der Waals surface area (Å²) in [5.74, 6) is -0.723. The molecule has 0 unspecified atom stereocenters. The summed E-state index contributed by atoms with van der Waals surface area (Å²) in [4.78, 5) is 14.3. The molecular weight excluding hydrogens is 453 g/mol. The molecule has 32 heavy (non-hydrogen) atoms. The fourth-order valence-electron chi connectivity index (χ4n) is 3.37. The van der Waals surface area contributed by atoms with Crippen molar-refractivity contribution in [2.45, 2.75) is 24.9 Å². The number of halogens is 3. The van der Waals surface area contributed by atoms with Crippen molar-refractivity contribution in [1.29, 1.82) is 0 Å². The number of benzene rings is 1. The minimum Gasteiger partial charge on any atom is -0.378 e. The van der Waals surface area contributed by atoms with Gasteiger partial charge in [-0.1, -0.05) is 5.16 Å². The fourth-order valence-corrected chi connectivity index (χ4v) is 4.78. The van der Waals surface area contributed by atoms with E-state index in [0.717, 1.165) is 16.4 Å². The first-order chi connectivity index (χ1) is 14.9. The first-order valence-corrected chi connectivity index (χ1v) is 11.1. The number of ether oxygens (including phenoxy) is 1. The smallest absolute Gasteiger partial charge is 0.378 e. The zero-order valence-electron chi connectivity index (χ0n) is 17.7. The van der Waals surface area contributed by atoms with E-state index >= 15 is 0 Å². The molecule has 0 atom stereocenters. The van der Waals surface area contributed by atoms with Gasteiger partial charge in [-0.2, -0.15) is 17.5 Å². The van der Waals surface area contributed by atoms with E-state index in [1.54, 1.807) is 4.90 Å². The Hall–Kier alpha value is -2.64. The molecule has 1 aromatic carbocycles. The van der Waals surface area contributed by atoms with Crippen molar-refractivity contribution in [2.24, 2.45) is 0 Å². The quantitative estimate of drug-likeness (QED) is 0.683. The topological polar surface area (TPSA) is 105 Å². The number of anilines is 2. The highest BCUT2D eigenvalue weighted by Gasteiger charge is 2.33. The van der Waals surface area contributed by atoms with Crippen molar-refractivity contribution < 1.29 is 35.6 Å². The predicted octanol–water partition coefficient (Wildman–Crippen LogP) is 2.41. The molecule has 1 aliphatic heterocycles. The molecule has 9 nitrogen and oxygen atoms in total. The molecule has 1 N–H and O–H groups in total. The average molecular weight is 476 g/mol. The molecule has 1 fully saturated rings. The summed E-state index contributed by atoms with van der Waals surface area (Å²) in [5, 5.41) is 6.04. The third kappa shape index (κ3) is 5.05. The minimum atomic E-state index is -4.60. The van der Waals surface area contributed by atoms with Crippen LogP contribution in [0.4, 0.5) is 24.5 Å². The third-order valence-corrected chi connectivity index (χ3v) is 7.00. The van der Waals surface area contributed by atoms with Crippen LogP contribution >= 0.6 is 0 Å².